The molecule has 2 aliphatic rings. The maximum Gasteiger partial charge on any atom is 0.311 e. The van der Waals surface area contributed by atoms with Gasteiger partial charge in [-0.25, -0.2) is 0 Å². The van der Waals surface area contributed by atoms with E-state index in [0.717, 1.165) is 12.8 Å². The van der Waals surface area contributed by atoms with Gasteiger partial charge in [-0.15, -0.1) is 0 Å². The SMILES string of the molecule is O=C(c1ccc(Oc2cccnc2)cc1)N1C[C@@H]2CCC[C@@]2(C(=O)O)C1. The Morgan fingerprint density at radius 2 is 2.00 bits per heavy atom. The molecule has 6 heteroatoms. The van der Waals surface area contributed by atoms with Gasteiger partial charge in [-0.1, -0.05) is 6.42 Å². The van der Waals surface area contributed by atoms with Gasteiger partial charge in [0.25, 0.3) is 5.91 Å². The Bertz CT molecular complexity index is 821. The number of aromatic nitrogens is 1. The van der Waals surface area contributed by atoms with E-state index in [9.17, 15) is 14.7 Å². The third-order valence-electron chi connectivity index (χ3n) is 5.56. The van der Waals surface area contributed by atoms with Crippen LogP contribution in [0, 0.1) is 11.3 Å². The molecule has 0 unspecified atom stereocenters. The molecule has 0 bridgehead atoms. The molecule has 1 N–H and O–H groups in total. The van der Waals surface area contributed by atoms with Gasteiger partial charge in [0.1, 0.15) is 11.5 Å². The molecule has 1 aromatic carbocycles. The lowest BCUT2D eigenvalue weighted by Crippen LogP contribution is -2.37. The van der Waals surface area contributed by atoms with Crippen LogP contribution in [0.3, 0.4) is 0 Å². The monoisotopic (exact) mass is 352 g/mol. The number of nitrogens with zero attached hydrogens (tertiary/aromatic N) is 2. The molecule has 4 rings (SSSR count). The van der Waals surface area contributed by atoms with Crippen LogP contribution in [0.25, 0.3) is 0 Å². The number of amides is 1. The highest BCUT2D eigenvalue weighted by Gasteiger charge is 2.55. The van der Waals surface area contributed by atoms with Crippen molar-refractivity contribution in [2.75, 3.05) is 13.1 Å². The molecular weight excluding hydrogens is 332 g/mol. The van der Waals surface area contributed by atoms with Gasteiger partial charge < -0.3 is 14.7 Å². The molecule has 2 aromatic rings. The van der Waals surface area contributed by atoms with Crippen LogP contribution in [0.5, 0.6) is 11.5 Å². The number of likely N-dealkylation sites (tertiary alicyclic amines) is 1. The summed E-state index contributed by atoms with van der Waals surface area (Å²) in [5, 5.41) is 9.66. The number of hydrogen-bond donors (Lipinski definition) is 1. The molecule has 1 saturated carbocycles. The summed E-state index contributed by atoms with van der Waals surface area (Å²) >= 11 is 0. The van der Waals surface area contributed by atoms with Crippen molar-refractivity contribution in [1.82, 2.24) is 9.88 Å². The molecule has 6 nitrogen and oxygen atoms in total. The van der Waals surface area contributed by atoms with Gasteiger partial charge in [-0.3, -0.25) is 14.6 Å². The molecule has 1 aliphatic heterocycles. The van der Waals surface area contributed by atoms with E-state index < -0.39 is 11.4 Å². The van der Waals surface area contributed by atoms with Crippen molar-refractivity contribution in [2.45, 2.75) is 19.3 Å². The van der Waals surface area contributed by atoms with Gasteiger partial charge in [0, 0.05) is 24.8 Å². The minimum Gasteiger partial charge on any atom is -0.481 e. The first-order valence-corrected chi connectivity index (χ1v) is 8.79. The Hall–Kier alpha value is -2.89. The fourth-order valence-electron chi connectivity index (χ4n) is 4.19. The van der Waals surface area contributed by atoms with E-state index in [0.29, 0.717) is 36.6 Å². The molecule has 0 spiro atoms. The number of hydrogen-bond acceptors (Lipinski definition) is 4. The number of benzene rings is 1. The van der Waals surface area contributed by atoms with E-state index in [1.165, 1.54) is 0 Å². The highest BCUT2D eigenvalue weighted by molar-refractivity contribution is 5.95. The topological polar surface area (TPSA) is 79.7 Å². The molecule has 1 amide bonds. The first-order valence-electron chi connectivity index (χ1n) is 8.79. The smallest absolute Gasteiger partial charge is 0.311 e. The van der Waals surface area contributed by atoms with E-state index in [-0.39, 0.29) is 11.8 Å². The molecule has 1 saturated heterocycles. The summed E-state index contributed by atoms with van der Waals surface area (Å²) in [5.41, 5.74) is -0.206. The zero-order valence-electron chi connectivity index (χ0n) is 14.3. The zero-order valence-corrected chi connectivity index (χ0v) is 14.3. The number of carboxylic acid groups (broad SMARTS) is 1. The second kappa shape index (κ2) is 6.44. The van der Waals surface area contributed by atoms with Crippen molar-refractivity contribution in [3.8, 4) is 11.5 Å². The highest BCUT2D eigenvalue weighted by atomic mass is 16.5. The van der Waals surface area contributed by atoms with Crippen LogP contribution in [0.2, 0.25) is 0 Å². The number of aliphatic carboxylic acids is 1. The van der Waals surface area contributed by atoms with Crippen LogP contribution in [-0.2, 0) is 4.79 Å². The fourth-order valence-corrected chi connectivity index (χ4v) is 4.19. The van der Waals surface area contributed by atoms with Gasteiger partial charge in [-0.05, 0) is 55.2 Å². The molecule has 1 aromatic heterocycles. The maximum absolute atomic E-state index is 12.8. The Balaban J connectivity index is 1.46. The van der Waals surface area contributed by atoms with E-state index >= 15 is 0 Å². The summed E-state index contributed by atoms with van der Waals surface area (Å²) in [6.45, 7) is 0.832. The lowest BCUT2D eigenvalue weighted by atomic mass is 9.81. The van der Waals surface area contributed by atoms with E-state index in [1.54, 1.807) is 53.7 Å². The first-order chi connectivity index (χ1) is 12.6. The third kappa shape index (κ3) is 2.81. The summed E-state index contributed by atoms with van der Waals surface area (Å²) in [5.74, 6) is 0.429. The van der Waals surface area contributed by atoms with Crippen molar-refractivity contribution in [3.63, 3.8) is 0 Å². The average Bonchev–Trinajstić information content (AvgIpc) is 3.21. The fraction of sp³-hybridized carbons (Fsp3) is 0.350. The molecular formula is C20H20N2O4. The second-order valence-electron chi connectivity index (χ2n) is 7.05. The standard InChI is InChI=1S/C20H20N2O4/c23-18(22-12-15-3-1-9-20(15,13-22)19(24)25)14-5-7-16(8-6-14)26-17-4-2-10-21-11-17/h2,4-8,10-11,15H,1,3,9,12-13H2,(H,24,25)/t15-,20+/m0/s1. The maximum atomic E-state index is 12.8. The van der Waals surface area contributed by atoms with Crippen molar-refractivity contribution >= 4 is 11.9 Å². The number of carbonyl (C=O) groups is 2. The number of fused-ring (bicyclic) bond motifs is 1. The normalized spacial score (nSPS) is 24.3. The van der Waals surface area contributed by atoms with Crippen LogP contribution >= 0.6 is 0 Å². The van der Waals surface area contributed by atoms with Crippen molar-refractivity contribution < 1.29 is 19.4 Å². The predicted octanol–water partition coefficient (Wildman–Crippen LogP) is 3.20. The van der Waals surface area contributed by atoms with Gasteiger partial charge in [0.2, 0.25) is 0 Å². The number of carbonyl (C=O) groups excluding carboxylic acids is 1. The van der Waals surface area contributed by atoms with Gasteiger partial charge in [0.05, 0.1) is 11.6 Å². The quantitative estimate of drug-likeness (QED) is 0.914. The minimum atomic E-state index is -0.768. The zero-order chi connectivity index (χ0) is 18.1. The van der Waals surface area contributed by atoms with Crippen molar-refractivity contribution in [1.29, 1.82) is 0 Å². The van der Waals surface area contributed by atoms with E-state index in [1.807, 2.05) is 0 Å². The number of pyridine rings is 1. The van der Waals surface area contributed by atoms with Crippen LogP contribution in [0.15, 0.2) is 48.8 Å². The van der Waals surface area contributed by atoms with Crippen LogP contribution in [-0.4, -0.2) is 40.0 Å². The lowest BCUT2D eigenvalue weighted by Gasteiger charge is -2.23. The van der Waals surface area contributed by atoms with Crippen LogP contribution in [0.4, 0.5) is 0 Å². The van der Waals surface area contributed by atoms with Crippen molar-refractivity contribution in [2.24, 2.45) is 11.3 Å². The molecule has 134 valence electrons. The molecule has 26 heavy (non-hydrogen) atoms. The Morgan fingerprint density at radius 3 is 2.65 bits per heavy atom. The number of rotatable bonds is 4. The molecule has 2 fully saturated rings. The van der Waals surface area contributed by atoms with E-state index in [4.69, 9.17) is 4.74 Å². The van der Waals surface area contributed by atoms with Crippen LogP contribution < -0.4 is 4.74 Å². The van der Waals surface area contributed by atoms with Gasteiger partial charge in [-0.2, -0.15) is 0 Å². The molecule has 2 heterocycles. The van der Waals surface area contributed by atoms with Crippen molar-refractivity contribution in [3.05, 3.63) is 54.4 Å². The van der Waals surface area contributed by atoms with Gasteiger partial charge >= 0.3 is 5.97 Å². The number of ether oxygens (including phenoxy) is 1. The molecule has 0 radical (unpaired) electrons. The summed E-state index contributed by atoms with van der Waals surface area (Å²) in [6.07, 6.45) is 5.76. The second-order valence-corrected chi connectivity index (χ2v) is 7.05. The lowest BCUT2D eigenvalue weighted by molar-refractivity contribution is -0.149. The average molecular weight is 352 g/mol. The van der Waals surface area contributed by atoms with Crippen LogP contribution in [0.1, 0.15) is 29.6 Å². The summed E-state index contributed by atoms with van der Waals surface area (Å²) < 4.78 is 5.68. The summed E-state index contributed by atoms with van der Waals surface area (Å²) in [7, 11) is 0. The highest BCUT2D eigenvalue weighted by Crippen LogP contribution is 2.49. The minimum absolute atomic E-state index is 0.0668. The third-order valence-corrected chi connectivity index (χ3v) is 5.56. The Morgan fingerprint density at radius 1 is 1.19 bits per heavy atom. The first kappa shape index (κ1) is 16.6. The summed E-state index contributed by atoms with van der Waals surface area (Å²) in [4.78, 5) is 30.2. The molecule has 2 atom stereocenters. The Kier molecular flexibility index (Phi) is 4.11. The van der Waals surface area contributed by atoms with Gasteiger partial charge in [0.15, 0.2) is 0 Å². The Labute approximate surface area is 151 Å². The molecule has 1 aliphatic carbocycles. The summed E-state index contributed by atoms with van der Waals surface area (Å²) in [6, 6.07) is 10.5. The largest absolute Gasteiger partial charge is 0.481 e. The predicted molar refractivity (Wildman–Crippen MR) is 94.1 cm³/mol. The van der Waals surface area contributed by atoms with E-state index in [2.05, 4.69) is 4.98 Å². The number of carboxylic acids is 1.